The van der Waals surface area contributed by atoms with Crippen molar-refractivity contribution in [2.45, 2.75) is 25.1 Å². The molecule has 0 aromatic carbocycles. The Morgan fingerprint density at radius 2 is 2.50 bits per heavy atom. The van der Waals surface area contributed by atoms with Gasteiger partial charge in [0.05, 0.1) is 11.5 Å². The third kappa shape index (κ3) is 2.59. The molecule has 0 saturated carbocycles. The molecule has 1 aliphatic rings. The summed E-state index contributed by atoms with van der Waals surface area (Å²) in [4.78, 5) is 13.9. The smallest absolute Gasteiger partial charge is 0.261 e. The lowest BCUT2D eigenvalue weighted by atomic mass is 10.2. The van der Waals surface area contributed by atoms with Crippen LogP contribution in [0.1, 0.15) is 27.0 Å². The number of hydrogen-bond acceptors (Lipinski definition) is 4. The van der Waals surface area contributed by atoms with Crippen LogP contribution in [0.15, 0.2) is 6.07 Å². The average molecular weight is 257 g/mol. The molecule has 0 radical (unpaired) electrons. The fourth-order valence-corrected chi connectivity index (χ4v) is 3.88. The van der Waals surface area contributed by atoms with E-state index in [1.165, 1.54) is 10.4 Å². The van der Waals surface area contributed by atoms with Crippen molar-refractivity contribution in [1.82, 2.24) is 5.32 Å². The molecular formula is C11H15NO2S2. The van der Waals surface area contributed by atoms with E-state index in [9.17, 15) is 4.79 Å². The quantitative estimate of drug-likeness (QED) is 0.865. The second-order valence-corrected chi connectivity index (χ2v) is 6.16. The van der Waals surface area contributed by atoms with Crippen molar-refractivity contribution in [2.75, 3.05) is 12.4 Å². The number of fused-ring (bicyclic) bond motifs is 1. The Hall–Kier alpha value is -0.520. The summed E-state index contributed by atoms with van der Waals surface area (Å²) in [5, 5.41) is 11.6. The van der Waals surface area contributed by atoms with Gasteiger partial charge in [0.2, 0.25) is 0 Å². The lowest BCUT2D eigenvalue weighted by molar-refractivity contribution is 0.0926. The molecule has 88 valence electrons. The van der Waals surface area contributed by atoms with Crippen molar-refractivity contribution in [2.24, 2.45) is 0 Å². The molecule has 0 spiro atoms. The Morgan fingerprint density at radius 3 is 3.19 bits per heavy atom. The van der Waals surface area contributed by atoms with Crippen molar-refractivity contribution in [3.63, 3.8) is 0 Å². The molecule has 0 saturated heterocycles. The van der Waals surface area contributed by atoms with E-state index in [1.807, 2.05) is 17.8 Å². The maximum Gasteiger partial charge on any atom is 0.261 e. The molecule has 2 rings (SSSR count). The molecule has 3 nitrogen and oxygen atoms in total. The molecule has 1 atom stereocenters. The summed E-state index contributed by atoms with van der Waals surface area (Å²) >= 11 is 3.50. The van der Waals surface area contributed by atoms with Crippen LogP contribution in [0.2, 0.25) is 0 Å². The molecule has 2 N–H and O–H groups in total. The van der Waals surface area contributed by atoms with Crippen LogP contribution in [0, 0.1) is 0 Å². The van der Waals surface area contributed by atoms with E-state index in [1.54, 1.807) is 18.3 Å². The number of hydrogen-bond donors (Lipinski definition) is 2. The Kier molecular flexibility index (Phi) is 3.89. The molecule has 0 aliphatic carbocycles. The molecule has 0 fully saturated rings. The summed E-state index contributed by atoms with van der Waals surface area (Å²) in [5.74, 6) is 2.11. The lowest BCUT2D eigenvalue weighted by Crippen LogP contribution is -2.34. The molecule has 2 heterocycles. The van der Waals surface area contributed by atoms with Gasteiger partial charge in [-0.25, -0.2) is 0 Å². The first-order valence-electron chi connectivity index (χ1n) is 5.31. The number of rotatable bonds is 3. The van der Waals surface area contributed by atoms with Crippen LogP contribution in [0.4, 0.5) is 0 Å². The topological polar surface area (TPSA) is 49.3 Å². The number of aryl methyl sites for hydroxylation is 1. The van der Waals surface area contributed by atoms with Crippen LogP contribution in [0.5, 0.6) is 0 Å². The summed E-state index contributed by atoms with van der Waals surface area (Å²) in [5.41, 5.74) is 1.31. The highest BCUT2D eigenvalue weighted by atomic mass is 32.2. The van der Waals surface area contributed by atoms with Crippen LogP contribution in [0.3, 0.4) is 0 Å². The van der Waals surface area contributed by atoms with Gasteiger partial charge in [-0.2, -0.15) is 11.8 Å². The van der Waals surface area contributed by atoms with Crippen molar-refractivity contribution >= 4 is 29.0 Å². The first kappa shape index (κ1) is 12.0. The van der Waals surface area contributed by atoms with E-state index in [4.69, 9.17) is 5.11 Å². The van der Waals surface area contributed by atoms with Gasteiger partial charge in [-0.3, -0.25) is 4.79 Å². The first-order chi connectivity index (χ1) is 7.70. The minimum absolute atomic E-state index is 0.0211. The largest absolute Gasteiger partial charge is 0.394 e. The molecule has 0 bridgehead atoms. The summed E-state index contributed by atoms with van der Waals surface area (Å²) in [6.45, 7) is 1.77. The van der Waals surface area contributed by atoms with Crippen LogP contribution in [0.25, 0.3) is 0 Å². The number of carbonyl (C=O) groups excluding carboxylic acids is 1. The predicted octanol–water partition coefficient (Wildman–Crippen LogP) is 1.65. The van der Waals surface area contributed by atoms with E-state index in [2.05, 4.69) is 5.32 Å². The zero-order chi connectivity index (χ0) is 11.5. The van der Waals surface area contributed by atoms with E-state index >= 15 is 0 Å². The summed E-state index contributed by atoms with van der Waals surface area (Å²) in [6, 6.07) is 1.81. The van der Waals surface area contributed by atoms with Gasteiger partial charge in [0.1, 0.15) is 0 Å². The number of carbonyl (C=O) groups is 1. The minimum atomic E-state index is -0.180. The van der Waals surface area contributed by atoms with Gasteiger partial charge >= 0.3 is 0 Å². The molecule has 1 amide bonds. The van der Waals surface area contributed by atoms with Crippen molar-refractivity contribution in [3.05, 3.63) is 21.4 Å². The Labute approximate surface area is 103 Å². The van der Waals surface area contributed by atoms with E-state index in [0.29, 0.717) is 0 Å². The second-order valence-electron chi connectivity index (χ2n) is 3.92. The predicted molar refractivity (Wildman–Crippen MR) is 68.2 cm³/mol. The lowest BCUT2D eigenvalue weighted by Gasteiger charge is -2.08. The molecule has 0 unspecified atom stereocenters. The third-order valence-electron chi connectivity index (χ3n) is 2.50. The van der Waals surface area contributed by atoms with E-state index in [-0.39, 0.29) is 18.6 Å². The molecule has 1 aliphatic heterocycles. The number of thiophene rings is 1. The number of thioether (sulfide) groups is 1. The maximum absolute atomic E-state index is 11.8. The standard InChI is InChI=1S/C11H15NO2S2/c1-7(5-13)12-11(14)10-4-8-6-15-3-2-9(8)16-10/h4,7,13H,2-3,5-6H2,1H3,(H,12,14)/t7-/m1/s1. The SMILES string of the molecule is C[C@H](CO)NC(=O)c1cc2c(s1)CCSC2. The van der Waals surface area contributed by atoms with Gasteiger partial charge in [0, 0.05) is 16.7 Å². The van der Waals surface area contributed by atoms with Gasteiger partial charge in [0.15, 0.2) is 0 Å². The molecule has 1 aromatic heterocycles. The number of amides is 1. The van der Waals surface area contributed by atoms with Gasteiger partial charge in [0.25, 0.3) is 5.91 Å². The van der Waals surface area contributed by atoms with Gasteiger partial charge in [-0.1, -0.05) is 0 Å². The normalized spacial score (nSPS) is 16.6. The molecule has 16 heavy (non-hydrogen) atoms. The van der Waals surface area contributed by atoms with Crippen molar-refractivity contribution in [3.8, 4) is 0 Å². The number of aliphatic hydroxyl groups excluding tert-OH is 1. The van der Waals surface area contributed by atoms with Crippen molar-refractivity contribution in [1.29, 1.82) is 0 Å². The Balaban J connectivity index is 2.09. The minimum Gasteiger partial charge on any atom is -0.394 e. The zero-order valence-corrected chi connectivity index (χ0v) is 10.8. The summed E-state index contributed by atoms with van der Waals surface area (Å²) < 4.78 is 0. The van der Waals surface area contributed by atoms with Gasteiger partial charge in [-0.15, -0.1) is 11.3 Å². The van der Waals surface area contributed by atoms with E-state index < -0.39 is 0 Å². The molecule has 5 heteroatoms. The summed E-state index contributed by atoms with van der Waals surface area (Å²) in [7, 11) is 0. The zero-order valence-electron chi connectivity index (χ0n) is 9.16. The fraction of sp³-hybridized carbons (Fsp3) is 0.545. The average Bonchev–Trinajstić information content (AvgIpc) is 2.72. The van der Waals surface area contributed by atoms with Gasteiger partial charge < -0.3 is 10.4 Å². The molecular weight excluding hydrogens is 242 g/mol. The molecule has 1 aromatic rings. The van der Waals surface area contributed by atoms with Crippen molar-refractivity contribution < 1.29 is 9.90 Å². The van der Waals surface area contributed by atoms with Crippen LogP contribution < -0.4 is 5.32 Å². The second kappa shape index (κ2) is 5.21. The third-order valence-corrected chi connectivity index (χ3v) is 4.75. The highest BCUT2D eigenvalue weighted by Gasteiger charge is 2.18. The fourth-order valence-electron chi connectivity index (χ4n) is 1.60. The summed E-state index contributed by atoms with van der Waals surface area (Å²) in [6.07, 6.45) is 1.08. The monoisotopic (exact) mass is 257 g/mol. The maximum atomic E-state index is 11.8. The van der Waals surface area contributed by atoms with Gasteiger partial charge in [-0.05, 0) is 30.7 Å². The number of aliphatic hydroxyl groups is 1. The van der Waals surface area contributed by atoms with Crippen LogP contribution in [-0.4, -0.2) is 29.4 Å². The Morgan fingerprint density at radius 1 is 1.69 bits per heavy atom. The Bertz CT molecular complexity index is 366. The highest BCUT2D eigenvalue weighted by molar-refractivity contribution is 7.98. The van der Waals surface area contributed by atoms with Crippen LogP contribution >= 0.6 is 23.1 Å². The number of nitrogens with one attached hydrogen (secondary N) is 1. The van der Waals surface area contributed by atoms with Crippen LogP contribution in [-0.2, 0) is 12.2 Å². The highest BCUT2D eigenvalue weighted by Crippen LogP contribution is 2.31. The first-order valence-corrected chi connectivity index (χ1v) is 7.29. The van der Waals surface area contributed by atoms with E-state index in [0.717, 1.165) is 22.8 Å².